The molecular weight excluding hydrogens is 421 g/mol. The Morgan fingerprint density at radius 2 is 1.91 bits per heavy atom. The van der Waals surface area contributed by atoms with Crippen molar-refractivity contribution in [2.75, 3.05) is 0 Å². The molecule has 0 unspecified atom stereocenters. The van der Waals surface area contributed by atoms with Crippen LogP contribution in [0.3, 0.4) is 0 Å². The van der Waals surface area contributed by atoms with Crippen LogP contribution >= 0.6 is 34.8 Å². The van der Waals surface area contributed by atoms with Crippen molar-refractivity contribution in [3.8, 4) is 5.69 Å². The van der Waals surface area contributed by atoms with Crippen LogP contribution in [-0.2, 0) is 0 Å². The number of aromatic amines is 1. The number of halogens is 1. The first-order valence-electron chi connectivity index (χ1n) is 7.10. The summed E-state index contributed by atoms with van der Waals surface area (Å²) in [5, 5.41) is 11.2. The predicted octanol–water partition coefficient (Wildman–Crippen LogP) is 4.14. The van der Waals surface area contributed by atoms with Crippen LogP contribution in [0.25, 0.3) is 5.69 Å². The van der Waals surface area contributed by atoms with Gasteiger partial charge >= 0.3 is 0 Å². The summed E-state index contributed by atoms with van der Waals surface area (Å²) in [6.07, 6.45) is 1.82. The molecule has 0 saturated carbocycles. The second kappa shape index (κ2) is 6.40. The van der Waals surface area contributed by atoms with Gasteiger partial charge in [-0.15, -0.1) is 0 Å². The molecule has 118 valence electrons. The SMILES string of the molecule is Cc1cc(/C=N/n2c(C)n[nH]c2=S)c(C)n1-c1ccc(I)cc1. The molecule has 1 N–H and O–H groups in total. The molecule has 3 rings (SSSR count). The topological polar surface area (TPSA) is 50.9 Å². The molecule has 7 heteroatoms. The molecular formula is C16H16IN5S. The van der Waals surface area contributed by atoms with Crippen LogP contribution in [0.4, 0.5) is 0 Å². The first-order chi connectivity index (χ1) is 11.0. The molecule has 0 fully saturated rings. The molecule has 1 aromatic carbocycles. The second-order valence-electron chi connectivity index (χ2n) is 5.27. The smallest absolute Gasteiger partial charge is 0.216 e. The van der Waals surface area contributed by atoms with Gasteiger partial charge in [0.1, 0.15) is 5.82 Å². The Morgan fingerprint density at radius 3 is 2.52 bits per heavy atom. The third-order valence-corrected chi connectivity index (χ3v) is 4.66. The third-order valence-electron chi connectivity index (χ3n) is 3.68. The van der Waals surface area contributed by atoms with Gasteiger partial charge in [-0.05, 0) is 85.9 Å². The lowest BCUT2D eigenvalue weighted by Crippen LogP contribution is -2.00. The van der Waals surface area contributed by atoms with Crippen LogP contribution in [0.15, 0.2) is 35.4 Å². The Balaban J connectivity index is 2.01. The molecule has 2 aromatic heterocycles. The van der Waals surface area contributed by atoms with E-state index in [0.29, 0.717) is 4.77 Å². The van der Waals surface area contributed by atoms with Gasteiger partial charge < -0.3 is 4.57 Å². The molecule has 0 aliphatic carbocycles. The van der Waals surface area contributed by atoms with Crippen molar-refractivity contribution in [2.45, 2.75) is 20.8 Å². The molecule has 0 spiro atoms. The first kappa shape index (κ1) is 16.1. The van der Waals surface area contributed by atoms with Crippen LogP contribution in [0.5, 0.6) is 0 Å². The third kappa shape index (κ3) is 3.16. The Kier molecular flexibility index (Phi) is 4.49. The summed E-state index contributed by atoms with van der Waals surface area (Å²) >= 11 is 7.48. The summed E-state index contributed by atoms with van der Waals surface area (Å²) < 4.78 is 5.55. The molecule has 0 atom stereocenters. The van der Waals surface area contributed by atoms with Crippen molar-refractivity contribution >= 4 is 41.0 Å². The van der Waals surface area contributed by atoms with E-state index in [9.17, 15) is 0 Å². The van der Waals surface area contributed by atoms with Gasteiger partial charge in [-0.3, -0.25) is 5.10 Å². The highest BCUT2D eigenvalue weighted by Crippen LogP contribution is 2.20. The number of nitrogens with zero attached hydrogens (tertiary/aromatic N) is 4. The normalized spacial score (nSPS) is 11.5. The Bertz CT molecular complexity index is 931. The van der Waals surface area contributed by atoms with E-state index in [1.807, 2.05) is 13.1 Å². The van der Waals surface area contributed by atoms with Gasteiger partial charge in [0.05, 0.1) is 6.21 Å². The summed E-state index contributed by atoms with van der Waals surface area (Å²) in [6, 6.07) is 10.6. The fraction of sp³-hybridized carbons (Fsp3) is 0.188. The Hall–Kier alpha value is -1.74. The van der Waals surface area contributed by atoms with Gasteiger partial charge in [0.2, 0.25) is 4.77 Å². The minimum absolute atomic E-state index is 0.491. The number of aromatic nitrogens is 4. The number of aryl methyl sites for hydroxylation is 2. The van der Waals surface area contributed by atoms with Crippen molar-refractivity contribution in [1.82, 2.24) is 19.4 Å². The van der Waals surface area contributed by atoms with Crippen molar-refractivity contribution in [1.29, 1.82) is 0 Å². The van der Waals surface area contributed by atoms with Gasteiger partial charge in [-0.25, -0.2) is 0 Å². The maximum Gasteiger partial charge on any atom is 0.216 e. The highest BCUT2D eigenvalue weighted by molar-refractivity contribution is 14.1. The summed E-state index contributed by atoms with van der Waals surface area (Å²) in [7, 11) is 0. The molecule has 3 aromatic rings. The van der Waals surface area contributed by atoms with Crippen molar-refractivity contribution in [3.63, 3.8) is 0 Å². The van der Waals surface area contributed by atoms with Crippen LogP contribution in [0, 0.1) is 29.1 Å². The quantitative estimate of drug-likeness (QED) is 0.381. The lowest BCUT2D eigenvalue weighted by Gasteiger charge is -2.09. The molecule has 23 heavy (non-hydrogen) atoms. The van der Waals surface area contributed by atoms with Gasteiger partial charge in [0, 0.05) is 26.2 Å². The van der Waals surface area contributed by atoms with E-state index in [0.717, 1.165) is 28.5 Å². The van der Waals surface area contributed by atoms with E-state index in [1.165, 1.54) is 3.57 Å². The Morgan fingerprint density at radius 1 is 1.22 bits per heavy atom. The lowest BCUT2D eigenvalue weighted by atomic mass is 10.2. The molecule has 0 aliphatic heterocycles. The van der Waals surface area contributed by atoms with Gasteiger partial charge in [0.15, 0.2) is 0 Å². The molecule has 0 bridgehead atoms. The minimum atomic E-state index is 0.491. The minimum Gasteiger partial charge on any atom is -0.318 e. The van der Waals surface area contributed by atoms with Gasteiger partial charge in [0.25, 0.3) is 0 Å². The lowest BCUT2D eigenvalue weighted by molar-refractivity contribution is 0.820. The summed E-state index contributed by atoms with van der Waals surface area (Å²) in [5.74, 6) is 0.734. The average Bonchev–Trinajstić information content (AvgIpc) is 2.98. The summed E-state index contributed by atoms with van der Waals surface area (Å²) in [5.41, 5.74) is 4.51. The number of H-pyrrole nitrogens is 1. The molecule has 2 heterocycles. The maximum absolute atomic E-state index is 5.17. The number of hydrogen-bond acceptors (Lipinski definition) is 3. The zero-order valence-corrected chi connectivity index (χ0v) is 16.0. The van der Waals surface area contributed by atoms with Crippen molar-refractivity contribution in [2.24, 2.45) is 5.10 Å². The predicted molar refractivity (Wildman–Crippen MR) is 103 cm³/mol. The first-order valence-corrected chi connectivity index (χ1v) is 8.59. The standard InChI is InChI=1S/C16H16IN5S/c1-10-8-13(9-18-22-12(3)19-20-16(22)23)11(2)21(10)15-6-4-14(17)5-7-15/h4-9H,1-3H3,(H,20,23)/b18-9+. The maximum atomic E-state index is 5.17. The molecule has 0 amide bonds. The van der Waals surface area contributed by atoms with E-state index >= 15 is 0 Å². The Labute approximate surface area is 153 Å². The van der Waals surface area contributed by atoms with E-state index in [1.54, 1.807) is 4.68 Å². The van der Waals surface area contributed by atoms with Gasteiger partial charge in [-0.2, -0.15) is 14.9 Å². The highest BCUT2D eigenvalue weighted by Gasteiger charge is 2.09. The van der Waals surface area contributed by atoms with Crippen LogP contribution in [-0.4, -0.2) is 25.7 Å². The zero-order valence-electron chi connectivity index (χ0n) is 13.0. The average molecular weight is 437 g/mol. The number of rotatable bonds is 3. The van der Waals surface area contributed by atoms with Crippen molar-refractivity contribution < 1.29 is 0 Å². The van der Waals surface area contributed by atoms with E-state index in [4.69, 9.17) is 12.2 Å². The second-order valence-corrected chi connectivity index (χ2v) is 6.90. The van der Waals surface area contributed by atoms with E-state index in [2.05, 4.69) is 86.6 Å². The van der Waals surface area contributed by atoms with E-state index in [-0.39, 0.29) is 0 Å². The fourth-order valence-electron chi connectivity index (χ4n) is 2.53. The largest absolute Gasteiger partial charge is 0.318 e. The number of hydrogen-bond donors (Lipinski definition) is 1. The van der Waals surface area contributed by atoms with Crippen LogP contribution in [0.1, 0.15) is 22.8 Å². The number of nitrogens with one attached hydrogen (secondary N) is 1. The molecule has 0 radical (unpaired) electrons. The highest BCUT2D eigenvalue weighted by atomic mass is 127. The zero-order chi connectivity index (χ0) is 16.6. The number of benzene rings is 1. The van der Waals surface area contributed by atoms with E-state index < -0.39 is 0 Å². The molecule has 0 aliphatic rings. The fourth-order valence-corrected chi connectivity index (χ4v) is 3.12. The molecule has 0 saturated heterocycles. The molecule has 5 nitrogen and oxygen atoms in total. The summed E-state index contributed by atoms with van der Waals surface area (Å²) in [4.78, 5) is 0. The van der Waals surface area contributed by atoms with Crippen molar-refractivity contribution in [3.05, 3.63) is 61.4 Å². The summed E-state index contributed by atoms with van der Waals surface area (Å²) in [6.45, 7) is 6.05. The monoisotopic (exact) mass is 437 g/mol. The van der Waals surface area contributed by atoms with Crippen LogP contribution < -0.4 is 0 Å². The van der Waals surface area contributed by atoms with Crippen LogP contribution in [0.2, 0.25) is 0 Å². The van der Waals surface area contributed by atoms with Gasteiger partial charge in [-0.1, -0.05) is 0 Å².